The second-order valence-corrected chi connectivity index (χ2v) is 8.90. The molecule has 4 rings (SSSR count). The third-order valence-electron chi connectivity index (χ3n) is 5.32. The molecular weight excluding hydrogens is 453 g/mol. The van der Waals surface area contributed by atoms with Gasteiger partial charge in [0.05, 0.1) is 27.7 Å². The minimum Gasteiger partial charge on any atom is -0.324 e. The Bertz CT molecular complexity index is 1130. The van der Waals surface area contributed by atoms with Crippen LogP contribution < -0.4 is 5.32 Å². The average Bonchev–Trinajstić information content (AvgIpc) is 3.09. The van der Waals surface area contributed by atoms with E-state index in [1.54, 1.807) is 23.2 Å². The van der Waals surface area contributed by atoms with Crippen LogP contribution in [0.25, 0.3) is 0 Å². The number of halogens is 3. The minimum absolute atomic E-state index is 0.111. The molecule has 0 saturated carbocycles. The fraction of sp³-hybridized carbons (Fsp3) is 0.167. The number of hydrogen-bond donors (Lipinski definition) is 1. The van der Waals surface area contributed by atoms with Crippen molar-refractivity contribution in [1.29, 1.82) is 0 Å². The summed E-state index contributed by atoms with van der Waals surface area (Å²) in [6.07, 6.45) is 0. The molecule has 3 aromatic rings. The van der Waals surface area contributed by atoms with Gasteiger partial charge >= 0.3 is 0 Å². The maximum absolute atomic E-state index is 12.7. The van der Waals surface area contributed by atoms with Crippen LogP contribution in [0.1, 0.15) is 18.1 Å². The van der Waals surface area contributed by atoms with Gasteiger partial charge in [0.2, 0.25) is 5.91 Å². The van der Waals surface area contributed by atoms with Crippen LogP contribution >= 0.6 is 34.8 Å². The number of rotatable bonds is 5. The Balaban J connectivity index is 1.59. The zero-order valence-electron chi connectivity index (χ0n) is 16.8. The van der Waals surface area contributed by atoms with E-state index in [9.17, 15) is 4.79 Å². The van der Waals surface area contributed by atoms with Crippen LogP contribution in [0.4, 0.5) is 5.69 Å². The van der Waals surface area contributed by atoms with E-state index in [0.29, 0.717) is 27.3 Å². The van der Waals surface area contributed by atoms with E-state index in [1.165, 1.54) is 0 Å². The van der Waals surface area contributed by atoms with Crippen molar-refractivity contribution in [1.82, 2.24) is 5.01 Å². The first-order chi connectivity index (χ1) is 14.8. The van der Waals surface area contributed by atoms with Crippen molar-refractivity contribution in [3.05, 3.63) is 99.0 Å². The van der Waals surface area contributed by atoms with Crippen molar-refractivity contribution < 1.29 is 4.79 Å². The highest BCUT2D eigenvalue weighted by Gasteiger charge is 2.41. The Morgan fingerprint density at radius 3 is 2.39 bits per heavy atom. The number of anilines is 1. The first kappa shape index (κ1) is 21.7. The number of amides is 1. The molecule has 4 nitrogen and oxygen atoms in total. The Kier molecular flexibility index (Phi) is 6.24. The zero-order chi connectivity index (χ0) is 22.0. The molecule has 1 aliphatic heterocycles. The number of nitrogens with one attached hydrogen (secondary N) is 1. The van der Waals surface area contributed by atoms with Crippen LogP contribution in [0.3, 0.4) is 0 Å². The largest absolute Gasteiger partial charge is 0.324 e. The van der Waals surface area contributed by atoms with E-state index < -0.39 is 0 Å². The molecule has 0 spiro atoms. The first-order valence-corrected chi connectivity index (χ1v) is 10.9. The van der Waals surface area contributed by atoms with Crippen molar-refractivity contribution in [2.45, 2.75) is 12.3 Å². The molecule has 158 valence electrons. The Morgan fingerprint density at radius 1 is 1.00 bits per heavy atom. The lowest BCUT2D eigenvalue weighted by Gasteiger charge is -2.27. The lowest BCUT2D eigenvalue weighted by molar-refractivity contribution is -0.117. The lowest BCUT2D eigenvalue weighted by atomic mass is 9.76. The van der Waals surface area contributed by atoms with Gasteiger partial charge in [-0.25, -0.2) is 0 Å². The molecule has 3 aromatic carbocycles. The Labute approximate surface area is 196 Å². The quantitative estimate of drug-likeness (QED) is 0.476. The fourth-order valence-electron chi connectivity index (χ4n) is 3.78. The molecule has 1 unspecified atom stereocenters. The topological polar surface area (TPSA) is 44.7 Å². The molecule has 1 heterocycles. The Morgan fingerprint density at radius 2 is 1.71 bits per heavy atom. The van der Waals surface area contributed by atoms with Gasteiger partial charge in [0.15, 0.2) is 0 Å². The van der Waals surface area contributed by atoms with Gasteiger partial charge in [0.1, 0.15) is 6.54 Å². The summed E-state index contributed by atoms with van der Waals surface area (Å²) in [6, 6.07) is 22.8. The predicted octanol–water partition coefficient (Wildman–Crippen LogP) is 6.26. The molecule has 1 amide bonds. The Hall–Kier alpha value is -2.53. The molecule has 7 heteroatoms. The van der Waals surface area contributed by atoms with Gasteiger partial charge in [-0.15, -0.1) is 0 Å². The summed E-state index contributed by atoms with van der Waals surface area (Å²) in [4.78, 5) is 12.7. The molecule has 31 heavy (non-hydrogen) atoms. The summed E-state index contributed by atoms with van der Waals surface area (Å²) in [5, 5.41) is 11.0. The summed E-state index contributed by atoms with van der Waals surface area (Å²) in [5.41, 5.74) is 3.22. The molecule has 1 N–H and O–H groups in total. The normalized spacial score (nSPS) is 18.1. The van der Waals surface area contributed by atoms with Crippen molar-refractivity contribution in [3.63, 3.8) is 0 Å². The SMILES string of the molecule is CC1(c2ccccc2)CN(CC(=O)Nc2ccc(Cl)c(Cl)c2)N=C1c1ccc(Cl)cc1. The van der Waals surface area contributed by atoms with Crippen LogP contribution in [0.5, 0.6) is 0 Å². The number of hydrazone groups is 1. The highest BCUT2D eigenvalue weighted by molar-refractivity contribution is 6.42. The second-order valence-electron chi connectivity index (χ2n) is 7.65. The number of hydrogen-bond acceptors (Lipinski definition) is 3. The molecule has 1 aliphatic rings. The maximum atomic E-state index is 12.7. The number of nitrogens with zero attached hydrogens (tertiary/aromatic N) is 2. The van der Waals surface area contributed by atoms with Gasteiger partial charge in [0, 0.05) is 10.7 Å². The van der Waals surface area contributed by atoms with Gasteiger partial charge in [0.25, 0.3) is 0 Å². The number of carbonyl (C=O) groups excluding carboxylic acids is 1. The molecular formula is C24H20Cl3N3O. The van der Waals surface area contributed by atoms with Gasteiger partial charge in [-0.1, -0.05) is 77.3 Å². The van der Waals surface area contributed by atoms with Crippen LogP contribution in [-0.2, 0) is 10.2 Å². The minimum atomic E-state index is -0.376. The second kappa shape index (κ2) is 8.91. The smallest absolute Gasteiger partial charge is 0.245 e. The molecule has 0 radical (unpaired) electrons. The summed E-state index contributed by atoms with van der Waals surface area (Å²) >= 11 is 18.1. The third-order valence-corrected chi connectivity index (χ3v) is 6.31. The van der Waals surface area contributed by atoms with E-state index in [-0.39, 0.29) is 17.9 Å². The van der Waals surface area contributed by atoms with Crippen LogP contribution in [0.2, 0.25) is 15.1 Å². The molecule has 0 aromatic heterocycles. The summed E-state index contributed by atoms with van der Waals surface area (Å²) in [5.74, 6) is -0.185. The highest BCUT2D eigenvalue weighted by Crippen LogP contribution is 2.35. The van der Waals surface area contributed by atoms with Crippen molar-refractivity contribution in [3.8, 4) is 0 Å². The van der Waals surface area contributed by atoms with Gasteiger partial charge in [-0.05, 0) is 48.4 Å². The van der Waals surface area contributed by atoms with Gasteiger partial charge < -0.3 is 5.32 Å². The van der Waals surface area contributed by atoms with E-state index in [1.807, 2.05) is 42.5 Å². The predicted molar refractivity (Wildman–Crippen MR) is 128 cm³/mol. The van der Waals surface area contributed by atoms with E-state index in [0.717, 1.165) is 16.8 Å². The van der Waals surface area contributed by atoms with Crippen LogP contribution in [0.15, 0.2) is 77.9 Å². The number of carbonyl (C=O) groups is 1. The summed E-state index contributed by atoms with van der Waals surface area (Å²) in [7, 11) is 0. The standard InChI is InChI=1S/C24H20Cl3N3O/c1-24(17-5-3-2-4-6-17)15-30(29-23(24)16-7-9-18(25)10-8-16)14-22(31)28-19-11-12-20(26)21(27)13-19/h2-13H,14-15H2,1H3,(H,28,31). The zero-order valence-corrected chi connectivity index (χ0v) is 19.0. The van der Waals surface area contributed by atoms with Gasteiger partial charge in [-0.3, -0.25) is 9.80 Å². The third kappa shape index (κ3) is 4.72. The van der Waals surface area contributed by atoms with E-state index in [2.05, 4.69) is 24.4 Å². The van der Waals surface area contributed by atoms with E-state index in [4.69, 9.17) is 39.9 Å². The average molecular weight is 473 g/mol. The molecule has 0 saturated heterocycles. The van der Waals surface area contributed by atoms with Crippen molar-refractivity contribution in [2.75, 3.05) is 18.4 Å². The van der Waals surface area contributed by atoms with Gasteiger partial charge in [-0.2, -0.15) is 5.10 Å². The molecule has 0 aliphatic carbocycles. The summed E-state index contributed by atoms with van der Waals surface area (Å²) < 4.78 is 0. The monoisotopic (exact) mass is 471 g/mol. The number of benzene rings is 3. The summed E-state index contributed by atoms with van der Waals surface area (Å²) in [6.45, 7) is 2.83. The molecule has 1 atom stereocenters. The van der Waals surface area contributed by atoms with Crippen LogP contribution in [0, 0.1) is 0 Å². The van der Waals surface area contributed by atoms with Crippen LogP contribution in [-0.4, -0.2) is 29.7 Å². The highest BCUT2D eigenvalue weighted by atomic mass is 35.5. The molecule has 0 bridgehead atoms. The maximum Gasteiger partial charge on any atom is 0.245 e. The van der Waals surface area contributed by atoms with E-state index >= 15 is 0 Å². The van der Waals surface area contributed by atoms with Crippen molar-refractivity contribution >= 4 is 52.1 Å². The lowest BCUT2D eigenvalue weighted by Crippen LogP contribution is -2.38. The molecule has 0 fully saturated rings. The fourth-order valence-corrected chi connectivity index (χ4v) is 4.20. The first-order valence-electron chi connectivity index (χ1n) is 9.75. The van der Waals surface area contributed by atoms with Crippen molar-refractivity contribution in [2.24, 2.45) is 5.10 Å².